The van der Waals surface area contributed by atoms with Crippen LogP contribution in [0.1, 0.15) is 16.8 Å². The van der Waals surface area contributed by atoms with Crippen molar-refractivity contribution in [2.75, 3.05) is 5.32 Å². The van der Waals surface area contributed by atoms with Crippen molar-refractivity contribution in [2.45, 2.75) is 20.3 Å². The molecule has 3 rings (SSSR count). The largest absolute Gasteiger partial charge is 0.324 e. The minimum Gasteiger partial charge on any atom is -0.324 e. The topological polar surface area (TPSA) is 42.0 Å². The number of anilines is 1. The number of aryl methyl sites for hydroxylation is 2. The molecular weight excluding hydrogens is 435 g/mol. The van der Waals surface area contributed by atoms with Crippen LogP contribution in [0, 0.1) is 17.4 Å². The molecule has 0 spiro atoms. The van der Waals surface area contributed by atoms with Crippen molar-refractivity contribution < 1.29 is 4.79 Å². The summed E-state index contributed by atoms with van der Waals surface area (Å²) in [6, 6.07) is 13.5. The number of nitrogens with zero attached hydrogens (tertiary/aromatic N) is 1. The Morgan fingerprint density at radius 3 is 2.71 bits per heavy atom. The van der Waals surface area contributed by atoms with Crippen LogP contribution >= 0.6 is 34.2 Å². The Bertz CT molecular complexity index is 940. The van der Waals surface area contributed by atoms with Crippen LogP contribution in [-0.4, -0.2) is 10.9 Å². The second kappa shape index (κ2) is 7.07. The van der Waals surface area contributed by atoms with E-state index in [1.807, 2.05) is 56.3 Å². The SMILES string of the molecule is Cc1nc2ccccc2c(C)c1CC(=O)Nc1ccc(I)cc1Cl. The van der Waals surface area contributed by atoms with E-state index < -0.39 is 0 Å². The van der Waals surface area contributed by atoms with Crippen molar-refractivity contribution in [3.8, 4) is 0 Å². The summed E-state index contributed by atoms with van der Waals surface area (Å²) in [5, 5.41) is 4.51. The van der Waals surface area contributed by atoms with E-state index in [1.54, 1.807) is 0 Å². The fourth-order valence-corrected chi connectivity index (χ4v) is 3.68. The molecule has 1 amide bonds. The van der Waals surface area contributed by atoms with Gasteiger partial charge >= 0.3 is 0 Å². The molecule has 5 heteroatoms. The van der Waals surface area contributed by atoms with Crippen molar-refractivity contribution in [1.29, 1.82) is 0 Å². The van der Waals surface area contributed by atoms with Crippen LogP contribution in [0.2, 0.25) is 5.02 Å². The lowest BCUT2D eigenvalue weighted by Gasteiger charge is -2.13. The first-order valence-corrected chi connectivity index (χ1v) is 9.01. The molecule has 0 unspecified atom stereocenters. The predicted molar refractivity (Wildman–Crippen MR) is 108 cm³/mol. The Morgan fingerprint density at radius 1 is 1.21 bits per heavy atom. The molecule has 0 saturated carbocycles. The maximum atomic E-state index is 12.5. The number of para-hydroxylation sites is 1. The van der Waals surface area contributed by atoms with Gasteiger partial charge in [0.25, 0.3) is 0 Å². The third kappa shape index (κ3) is 3.54. The number of halogens is 2. The molecule has 0 radical (unpaired) electrons. The van der Waals surface area contributed by atoms with Crippen LogP contribution < -0.4 is 5.32 Å². The number of rotatable bonds is 3. The molecule has 0 saturated heterocycles. The van der Waals surface area contributed by atoms with E-state index >= 15 is 0 Å². The Kier molecular flexibility index (Phi) is 5.06. The molecule has 3 nitrogen and oxygen atoms in total. The van der Waals surface area contributed by atoms with Crippen molar-refractivity contribution >= 4 is 56.7 Å². The number of fused-ring (bicyclic) bond motifs is 1. The van der Waals surface area contributed by atoms with Crippen molar-refractivity contribution in [3.63, 3.8) is 0 Å². The van der Waals surface area contributed by atoms with Crippen molar-refractivity contribution in [3.05, 3.63) is 67.9 Å². The Morgan fingerprint density at radius 2 is 1.96 bits per heavy atom. The van der Waals surface area contributed by atoms with E-state index in [9.17, 15) is 4.79 Å². The fraction of sp³-hybridized carbons (Fsp3) is 0.158. The number of nitrogens with one attached hydrogen (secondary N) is 1. The molecule has 3 aromatic rings. The van der Waals surface area contributed by atoms with Crippen LogP contribution in [0.5, 0.6) is 0 Å². The summed E-state index contributed by atoms with van der Waals surface area (Å²) in [6.45, 7) is 3.98. The average Bonchev–Trinajstić information content (AvgIpc) is 2.54. The highest BCUT2D eigenvalue weighted by Crippen LogP contribution is 2.26. The van der Waals surface area contributed by atoms with Gasteiger partial charge in [-0.15, -0.1) is 0 Å². The molecule has 0 bridgehead atoms. The number of hydrogen-bond donors (Lipinski definition) is 1. The minimum absolute atomic E-state index is 0.0959. The van der Waals surface area contributed by atoms with Crippen LogP contribution in [0.3, 0.4) is 0 Å². The molecule has 0 atom stereocenters. The summed E-state index contributed by atoms with van der Waals surface area (Å²) in [5.74, 6) is -0.0959. The van der Waals surface area contributed by atoms with Gasteiger partial charge in [0, 0.05) is 14.7 Å². The van der Waals surface area contributed by atoms with E-state index in [0.717, 1.165) is 31.3 Å². The van der Waals surface area contributed by atoms with Gasteiger partial charge in [0.1, 0.15) is 0 Å². The third-order valence-corrected chi connectivity index (χ3v) is 5.01. The average molecular weight is 451 g/mol. The number of pyridine rings is 1. The first-order chi connectivity index (χ1) is 11.5. The lowest BCUT2D eigenvalue weighted by molar-refractivity contribution is -0.115. The van der Waals surface area contributed by atoms with Crippen molar-refractivity contribution in [1.82, 2.24) is 4.98 Å². The smallest absolute Gasteiger partial charge is 0.228 e. The second-order valence-corrected chi connectivity index (χ2v) is 7.32. The van der Waals surface area contributed by atoms with E-state index in [-0.39, 0.29) is 12.3 Å². The number of hydrogen-bond acceptors (Lipinski definition) is 2. The summed E-state index contributed by atoms with van der Waals surface area (Å²) in [6.07, 6.45) is 0.276. The normalized spacial score (nSPS) is 10.8. The van der Waals surface area contributed by atoms with Gasteiger partial charge in [-0.1, -0.05) is 29.8 Å². The van der Waals surface area contributed by atoms with Crippen LogP contribution in [0.4, 0.5) is 5.69 Å². The van der Waals surface area contributed by atoms with E-state index in [1.165, 1.54) is 0 Å². The zero-order valence-electron chi connectivity index (χ0n) is 13.4. The summed E-state index contributed by atoms with van der Waals surface area (Å²) in [7, 11) is 0. The molecule has 24 heavy (non-hydrogen) atoms. The second-order valence-electron chi connectivity index (χ2n) is 5.67. The Balaban J connectivity index is 1.88. The molecule has 0 aliphatic carbocycles. The van der Waals surface area contributed by atoms with Gasteiger partial charge in [-0.2, -0.15) is 0 Å². The summed E-state index contributed by atoms with van der Waals surface area (Å²) in [5.41, 5.74) is 4.54. The van der Waals surface area contributed by atoms with Crippen LogP contribution in [0.25, 0.3) is 10.9 Å². The summed E-state index contributed by atoms with van der Waals surface area (Å²) in [4.78, 5) is 17.1. The highest BCUT2D eigenvalue weighted by molar-refractivity contribution is 14.1. The first-order valence-electron chi connectivity index (χ1n) is 7.55. The monoisotopic (exact) mass is 450 g/mol. The van der Waals surface area contributed by atoms with Crippen molar-refractivity contribution in [2.24, 2.45) is 0 Å². The van der Waals surface area contributed by atoms with Crippen LogP contribution in [-0.2, 0) is 11.2 Å². The molecule has 1 N–H and O–H groups in total. The molecule has 122 valence electrons. The van der Waals surface area contributed by atoms with Crippen LogP contribution in [0.15, 0.2) is 42.5 Å². The lowest BCUT2D eigenvalue weighted by Crippen LogP contribution is -2.16. The quantitative estimate of drug-likeness (QED) is 0.551. The molecular formula is C19H16ClIN2O. The molecule has 0 aliphatic rings. The number of benzene rings is 2. The van der Waals surface area contributed by atoms with Gasteiger partial charge in [-0.25, -0.2) is 0 Å². The Labute approximate surface area is 159 Å². The van der Waals surface area contributed by atoms with Gasteiger partial charge in [0.2, 0.25) is 5.91 Å². The lowest BCUT2D eigenvalue weighted by atomic mass is 9.99. The third-order valence-electron chi connectivity index (χ3n) is 4.03. The highest BCUT2D eigenvalue weighted by atomic mass is 127. The van der Waals surface area contributed by atoms with Gasteiger partial charge < -0.3 is 5.32 Å². The number of amides is 1. The van der Waals surface area contributed by atoms with Gasteiger partial charge in [-0.05, 0) is 71.8 Å². The molecule has 1 heterocycles. The fourth-order valence-electron chi connectivity index (χ4n) is 2.78. The predicted octanol–water partition coefficient (Wildman–Crippen LogP) is 5.29. The molecule has 0 fully saturated rings. The maximum absolute atomic E-state index is 12.5. The zero-order chi connectivity index (χ0) is 17.3. The van der Waals surface area contributed by atoms with Gasteiger partial charge in [-0.3, -0.25) is 9.78 Å². The number of aromatic nitrogens is 1. The number of carbonyl (C=O) groups is 1. The van der Waals surface area contributed by atoms with E-state index in [4.69, 9.17) is 11.6 Å². The summed E-state index contributed by atoms with van der Waals surface area (Å²) >= 11 is 8.37. The Hall–Kier alpha value is -1.66. The maximum Gasteiger partial charge on any atom is 0.228 e. The standard InChI is InChI=1S/C19H16ClIN2O/c1-11-14-5-3-4-6-17(14)22-12(2)15(11)10-19(24)23-18-8-7-13(21)9-16(18)20/h3-9H,10H2,1-2H3,(H,23,24). The first kappa shape index (κ1) is 17.2. The van der Waals surface area contributed by atoms with Gasteiger partial charge in [0.05, 0.1) is 22.6 Å². The highest BCUT2D eigenvalue weighted by Gasteiger charge is 2.14. The minimum atomic E-state index is -0.0959. The van der Waals surface area contributed by atoms with Gasteiger partial charge in [0.15, 0.2) is 0 Å². The van der Waals surface area contributed by atoms with E-state index in [2.05, 4.69) is 32.9 Å². The zero-order valence-corrected chi connectivity index (χ0v) is 16.3. The molecule has 2 aromatic carbocycles. The molecule has 0 aliphatic heterocycles. The summed E-state index contributed by atoms with van der Waals surface area (Å²) < 4.78 is 1.03. The number of carbonyl (C=O) groups excluding carboxylic acids is 1. The van der Waals surface area contributed by atoms with E-state index in [0.29, 0.717) is 10.7 Å². The molecule has 1 aromatic heterocycles.